The van der Waals surface area contributed by atoms with Crippen LogP contribution in [0.2, 0.25) is 0 Å². The van der Waals surface area contributed by atoms with Crippen LogP contribution < -0.4 is 4.72 Å². The number of rotatable bonds is 4. The minimum absolute atomic E-state index is 0.0547. The fourth-order valence-electron chi connectivity index (χ4n) is 2.38. The smallest absolute Gasteiger partial charge is 0.243 e. The maximum absolute atomic E-state index is 12.2. The van der Waals surface area contributed by atoms with E-state index in [1.807, 2.05) is 13.1 Å². The molecule has 0 saturated carbocycles. The molecule has 108 valence electrons. The summed E-state index contributed by atoms with van der Waals surface area (Å²) in [5.41, 5.74) is -0.0722. The lowest BCUT2D eigenvalue weighted by atomic mass is 10.0. The summed E-state index contributed by atoms with van der Waals surface area (Å²) < 4.78 is 27.1. The van der Waals surface area contributed by atoms with Crippen LogP contribution in [0, 0.1) is 11.3 Å². The van der Waals surface area contributed by atoms with E-state index >= 15 is 0 Å². The monoisotopic (exact) mass is 294 g/mol. The molecular formula is C13H18N4O2S. The third kappa shape index (κ3) is 3.33. The van der Waals surface area contributed by atoms with Gasteiger partial charge in [-0.2, -0.15) is 5.26 Å². The molecule has 0 amide bonds. The van der Waals surface area contributed by atoms with Gasteiger partial charge in [-0.25, -0.2) is 18.1 Å². The number of hydrogen-bond acceptors (Lipinski definition) is 5. The SMILES string of the molecule is CN1CCCCC1CNS(=O)(=O)c1cccnc1C#N. The van der Waals surface area contributed by atoms with Crippen LogP contribution in [0.15, 0.2) is 23.2 Å². The van der Waals surface area contributed by atoms with E-state index in [1.54, 1.807) is 0 Å². The Morgan fingerprint density at radius 3 is 3.05 bits per heavy atom. The summed E-state index contributed by atoms with van der Waals surface area (Å²) in [7, 11) is -1.68. The number of hydrogen-bond donors (Lipinski definition) is 1. The van der Waals surface area contributed by atoms with Crippen LogP contribution >= 0.6 is 0 Å². The molecule has 1 aliphatic heterocycles. The zero-order valence-corrected chi connectivity index (χ0v) is 12.2. The van der Waals surface area contributed by atoms with E-state index in [0.29, 0.717) is 6.54 Å². The van der Waals surface area contributed by atoms with Gasteiger partial charge in [-0.05, 0) is 38.6 Å². The van der Waals surface area contributed by atoms with Crippen molar-refractivity contribution >= 4 is 10.0 Å². The molecule has 0 aliphatic carbocycles. The molecule has 2 heterocycles. The van der Waals surface area contributed by atoms with Gasteiger partial charge in [0.15, 0.2) is 5.69 Å². The highest BCUT2D eigenvalue weighted by molar-refractivity contribution is 7.89. The number of nitrogens with one attached hydrogen (secondary N) is 1. The number of sulfonamides is 1. The van der Waals surface area contributed by atoms with Gasteiger partial charge in [0.05, 0.1) is 0 Å². The fourth-order valence-corrected chi connectivity index (χ4v) is 3.55. The van der Waals surface area contributed by atoms with Gasteiger partial charge in [-0.3, -0.25) is 0 Å². The van der Waals surface area contributed by atoms with Crippen LogP contribution in [0.1, 0.15) is 25.0 Å². The molecule has 0 bridgehead atoms. The minimum atomic E-state index is -3.69. The highest BCUT2D eigenvalue weighted by Crippen LogP contribution is 2.16. The maximum atomic E-state index is 12.2. The van der Waals surface area contributed by atoms with Gasteiger partial charge in [-0.1, -0.05) is 6.42 Å². The lowest BCUT2D eigenvalue weighted by Gasteiger charge is -2.32. The summed E-state index contributed by atoms with van der Waals surface area (Å²) >= 11 is 0. The molecule has 1 N–H and O–H groups in total. The van der Waals surface area contributed by atoms with Crippen molar-refractivity contribution in [2.75, 3.05) is 20.1 Å². The third-order valence-electron chi connectivity index (χ3n) is 3.60. The van der Waals surface area contributed by atoms with Gasteiger partial charge < -0.3 is 4.90 Å². The Bertz CT molecular complexity index is 609. The molecular weight excluding hydrogens is 276 g/mol. The van der Waals surface area contributed by atoms with Crippen LogP contribution in [0.5, 0.6) is 0 Å². The van der Waals surface area contributed by atoms with Gasteiger partial charge in [0.25, 0.3) is 0 Å². The number of nitrogens with zero attached hydrogens (tertiary/aromatic N) is 3. The average molecular weight is 294 g/mol. The average Bonchev–Trinajstić information content (AvgIpc) is 2.46. The first-order chi connectivity index (χ1) is 9.54. The molecule has 2 rings (SSSR count). The molecule has 1 fully saturated rings. The van der Waals surface area contributed by atoms with Gasteiger partial charge in [-0.15, -0.1) is 0 Å². The number of likely N-dealkylation sites (N-methyl/N-ethyl adjacent to an activating group) is 1. The lowest BCUT2D eigenvalue weighted by molar-refractivity contribution is 0.187. The fraction of sp³-hybridized carbons (Fsp3) is 0.538. The van der Waals surface area contributed by atoms with E-state index in [9.17, 15) is 8.42 Å². The number of likely N-dealkylation sites (tertiary alicyclic amines) is 1. The molecule has 0 aromatic carbocycles. The number of piperidine rings is 1. The highest BCUT2D eigenvalue weighted by atomic mass is 32.2. The summed E-state index contributed by atoms with van der Waals surface area (Å²) in [6.45, 7) is 1.35. The Balaban J connectivity index is 2.10. The van der Waals surface area contributed by atoms with Gasteiger partial charge >= 0.3 is 0 Å². The van der Waals surface area contributed by atoms with Crippen molar-refractivity contribution in [3.8, 4) is 6.07 Å². The summed E-state index contributed by atoms with van der Waals surface area (Å²) in [6.07, 6.45) is 4.66. The van der Waals surface area contributed by atoms with Gasteiger partial charge in [0.1, 0.15) is 11.0 Å². The molecule has 6 nitrogen and oxygen atoms in total. The van der Waals surface area contributed by atoms with Crippen molar-refractivity contribution in [1.82, 2.24) is 14.6 Å². The second-order valence-electron chi connectivity index (χ2n) is 4.94. The Morgan fingerprint density at radius 1 is 1.55 bits per heavy atom. The van der Waals surface area contributed by atoms with Crippen LogP contribution in [0.3, 0.4) is 0 Å². The Morgan fingerprint density at radius 2 is 2.35 bits per heavy atom. The van der Waals surface area contributed by atoms with E-state index in [-0.39, 0.29) is 16.6 Å². The summed E-state index contributed by atoms with van der Waals surface area (Å²) in [6, 6.07) is 4.93. The first-order valence-corrected chi connectivity index (χ1v) is 8.08. The van der Waals surface area contributed by atoms with E-state index in [4.69, 9.17) is 5.26 Å². The minimum Gasteiger partial charge on any atom is -0.302 e. The second-order valence-corrected chi connectivity index (χ2v) is 6.68. The van der Waals surface area contributed by atoms with E-state index in [1.165, 1.54) is 18.3 Å². The molecule has 1 atom stereocenters. The largest absolute Gasteiger partial charge is 0.302 e. The topological polar surface area (TPSA) is 86.1 Å². The molecule has 1 unspecified atom stereocenters. The van der Waals surface area contributed by atoms with Crippen molar-refractivity contribution in [2.24, 2.45) is 0 Å². The molecule has 0 spiro atoms. The van der Waals surface area contributed by atoms with Crippen molar-refractivity contribution in [1.29, 1.82) is 5.26 Å². The van der Waals surface area contributed by atoms with Crippen molar-refractivity contribution in [2.45, 2.75) is 30.2 Å². The summed E-state index contributed by atoms with van der Waals surface area (Å²) in [4.78, 5) is 5.89. The van der Waals surface area contributed by atoms with Gasteiger partial charge in [0, 0.05) is 18.8 Å². The van der Waals surface area contributed by atoms with E-state index in [0.717, 1.165) is 25.8 Å². The second kappa shape index (κ2) is 6.31. The van der Waals surface area contributed by atoms with Crippen molar-refractivity contribution in [3.63, 3.8) is 0 Å². The molecule has 1 saturated heterocycles. The van der Waals surface area contributed by atoms with Crippen LogP contribution in [0.25, 0.3) is 0 Å². The summed E-state index contributed by atoms with van der Waals surface area (Å²) in [5, 5.41) is 8.93. The maximum Gasteiger partial charge on any atom is 0.243 e. The van der Waals surface area contributed by atoms with E-state index < -0.39 is 10.0 Å². The number of aromatic nitrogens is 1. The lowest BCUT2D eigenvalue weighted by Crippen LogP contribution is -2.44. The van der Waals surface area contributed by atoms with Crippen LogP contribution in [-0.4, -0.2) is 44.5 Å². The third-order valence-corrected chi connectivity index (χ3v) is 5.05. The quantitative estimate of drug-likeness (QED) is 0.884. The normalized spacial score (nSPS) is 20.5. The molecule has 1 aliphatic rings. The predicted octanol–water partition coefficient (Wildman–Crippen LogP) is 0.716. The predicted molar refractivity (Wildman–Crippen MR) is 74.4 cm³/mol. The highest BCUT2D eigenvalue weighted by Gasteiger charge is 2.23. The van der Waals surface area contributed by atoms with E-state index in [2.05, 4.69) is 14.6 Å². The van der Waals surface area contributed by atoms with Crippen molar-refractivity contribution in [3.05, 3.63) is 24.0 Å². The first-order valence-electron chi connectivity index (χ1n) is 6.59. The Hall–Kier alpha value is -1.49. The molecule has 1 aromatic heterocycles. The van der Waals surface area contributed by atoms with Crippen LogP contribution in [0.4, 0.5) is 0 Å². The molecule has 7 heteroatoms. The standard InChI is InChI=1S/C13H18N4O2S/c1-17-8-3-2-5-11(17)10-16-20(18,19)13-6-4-7-15-12(13)9-14/h4,6-7,11,16H,2-3,5,8,10H2,1H3. The zero-order valence-electron chi connectivity index (χ0n) is 11.4. The Kier molecular flexibility index (Phi) is 4.70. The number of nitriles is 1. The van der Waals surface area contributed by atoms with Crippen LogP contribution in [-0.2, 0) is 10.0 Å². The Labute approximate surface area is 119 Å². The van der Waals surface area contributed by atoms with Gasteiger partial charge in [0.2, 0.25) is 10.0 Å². The summed E-state index contributed by atoms with van der Waals surface area (Å²) in [5.74, 6) is 0. The molecule has 20 heavy (non-hydrogen) atoms. The van der Waals surface area contributed by atoms with Crippen molar-refractivity contribution < 1.29 is 8.42 Å². The first kappa shape index (κ1) is 14.9. The molecule has 0 radical (unpaired) electrons. The molecule has 1 aromatic rings. The zero-order chi connectivity index (χ0) is 14.6. The number of pyridine rings is 1.